The number of nitrogens with zero attached hydrogens (tertiary/aromatic N) is 4. The number of hydrogen-bond acceptors (Lipinski definition) is 5. The van der Waals surface area contributed by atoms with Crippen LogP contribution in [0.25, 0.3) is 0 Å². The molecule has 0 spiro atoms. The zero-order chi connectivity index (χ0) is 11.7. The van der Waals surface area contributed by atoms with E-state index in [4.69, 9.17) is 5.41 Å². The highest BCUT2D eigenvalue weighted by atomic mass is 16.5. The SMILES string of the molecule is Cc1nc(N2CCN(C)CC2)cc(=N)n1O. The molecule has 2 N–H and O–H groups in total. The Balaban J connectivity index is 2.24. The molecule has 1 fully saturated rings. The largest absolute Gasteiger partial charge is 0.425 e. The van der Waals surface area contributed by atoms with Crippen LogP contribution in [0.3, 0.4) is 0 Å². The summed E-state index contributed by atoms with van der Waals surface area (Å²) in [5, 5.41) is 17.0. The van der Waals surface area contributed by atoms with E-state index < -0.39 is 0 Å². The number of likely N-dealkylation sites (N-methyl/N-ethyl adjacent to an activating group) is 1. The molecule has 16 heavy (non-hydrogen) atoms. The molecule has 0 radical (unpaired) electrons. The summed E-state index contributed by atoms with van der Waals surface area (Å²) in [5.41, 5.74) is 0.0708. The number of aryl methyl sites for hydroxylation is 1. The van der Waals surface area contributed by atoms with Gasteiger partial charge in [0.05, 0.1) is 0 Å². The van der Waals surface area contributed by atoms with Crippen molar-refractivity contribution in [3.05, 3.63) is 17.4 Å². The lowest BCUT2D eigenvalue weighted by Crippen LogP contribution is -2.45. The zero-order valence-corrected chi connectivity index (χ0v) is 9.64. The van der Waals surface area contributed by atoms with Crippen molar-refractivity contribution in [1.29, 1.82) is 5.41 Å². The van der Waals surface area contributed by atoms with Crippen molar-refractivity contribution in [3.63, 3.8) is 0 Å². The van der Waals surface area contributed by atoms with Crippen LogP contribution in [0.1, 0.15) is 5.82 Å². The molecule has 0 saturated carbocycles. The van der Waals surface area contributed by atoms with Gasteiger partial charge in [-0.2, -0.15) is 4.73 Å². The van der Waals surface area contributed by atoms with Crippen LogP contribution in [0.2, 0.25) is 0 Å². The maximum absolute atomic E-state index is 9.41. The normalized spacial score (nSPS) is 17.8. The maximum atomic E-state index is 9.41. The van der Waals surface area contributed by atoms with Crippen molar-refractivity contribution >= 4 is 5.82 Å². The van der Waals surface area contributed by atoms with Crippen LogP contribution in [-0.4, -0.2) is 53.0 Å². The minimum atomic E-state index is 0.0708. The molecule has 6 nitrogen and oxygen atoms in total. The molecule has 0 aliphatic carbocycles. The molecule has 1 aromatic heterocycles. The summed E-state index contributed by atoms with van der Waals surface area (Å²) in [4.78, 5) is 8.69. The van der Waals surface area contributed by atoms with Crippen molar-refractivity contribution < 1.29 is 5.21 Å². The van der Waals surface area contributed by atoms with E-state index in [1.165, 1.54) is 0 Å². The molecule has 0 amide bonds. The van der Waals surface area contributed by atoms with Crippen LogP contribution < -0.4 is 10.4 Å². The minimum Gasteiger partial charge on any atom is -0.425 e. The lowest BCUT2D eigenvalue weighted by Gasteiger charge is -2.33. The highest BCUT2D eigenvalue weighted by Crippen LogP contribution is 2.10. The Morgan fingerprint density at radius 2 is 1.94 bits per heavy atom. The molecule has 2 heterocycles. The third-order valence-corrected chi connectivity index (χ3v) is 2.90. The highest BCUT2D eigenvalue weighted by molar-refractivity contribution is 5.37. The number of piperazine rings is 1. The lowest BCUT2D eigenvalue weighted by atomic mass is 10.3. The molecule has 1 aliphatic rings. The molecule has 6 heteroatoms. The zero-order valence-electron chi connectivity index (χ0n) is 9.64. The van der Waals surface area contributed by atoms with Crippen LogP contribution >= 0.6 is 0 Å². The monoisotopic (exact) mass is 223 g/mol. The van der Waals surface area contributed by atoms with E-state index in [9.17, 15) is 5.21 Å². The Morgan fingerprint density at radius 3 is 2.50 bits per heavy atom. The third-order valence-electron chi connectivity index (χ3n) is 2.90. The molecular weight excluding hydrogens is 206 g/mol. The summed E-state index contributed by atoms with van der Waals surface area (Å²) in [7, 11) is 2.10. The van der Waals surface area contributed by atoms with Crippen molar-refractivity contribution in [2.45, 2.75) is 6.92 Å². The molecule has 2 rings (SSSR count). The summed E-state index contributed by atoms with van der Waals surface area (Å²) in [6, 6.07) is 1.60. The molecule has 88 valence electrons. The Morgan fingerprint density at radius 1 is 1.31 bits per heavy atom. The quantitative estimate of drug-likeness (QED) is 0.639. The minimum absolute atomic E-state index is 0.0708. The maximum Gasteiger partial charge on any atom is 0.166 e. The highest BCUT2D eigenvalue weighted by Gasteiger charge is 2.16. The fraction of sp³-hybridized carbons (Fsp3) is 0.600. The van der Waals surface area contributed by atoms with Crippen molar-refractivity contribution in [3.8, 4) is 0 Å². The van der Waals surface area contributed by atoms with E-state index in [1.807, 2.05) is 0 Å². The Kier molecular flexibility index (Phi) is 2.82. The second-order valence-electron chi connectivity index (χ2n) is 4.15. The molecule has 0 atom stereocenters. The first-order chi connectivity index (χ1) is 7.58. The van der Waals surface area contributed by atoms with E-state index in [0.29, 0.717) is 5.82 Å². The summed E-state index contributed by atoms with van der Waals surface area (Å²) in [6.45, 7) is 5.53. The van der Waals surface area contributed by atoms with Gasteiger partial charge in [-0.3, -0.25) is 5.41 Å². The molecule has 1 aliphatic heterocycles. The van der Waals surface area contributed by atoms with Crippen LogP contribution in [0.5, 0.6) is 0 Å². The standard InChI is InChI=1S/C10H17N5O/c1-8-12-10(7-9(11)15(8)16)14-5-3-13(2)4-6-14/h7,11,16H,3-6H2,1-2H3. The van der Waals surface area contributed by atoms with Gasteiger partial charge in [0, 0.05) is 32.2 Å². The van der Waals surface area contributed by atoms with Crippen LogP contribution in [0.15, 0.2) is 6.07 Å². The number of aromatic nitrogens is 2. The first kappa shape index (κ1) is 10.9. The second-order valence-corrected chi connectivity index (χ2v) is 4.15. The van der Waals surface area contributed by atoms with Crippen molar-refractivity contribution in [2.24, 2.45) is 0 Å². The smallest absolute Gasteiger partial charge is 0.166 e. The number of hydrogen-bond donors (Lipinski definition) is 2. The van der Waals surface area contributed by atoms with Gasteiger partial charge in [0.2, 0.25) is 0 Å². The van der Waals surface area contributed by atoms with E-state index >= 15 is 0 Å². The third kappa shape index (κ3) is 2.01. The molecular formula is C10H17N5O. The first-order valence-electron chi connectivity index (χ1n) is 5.36. The van der Waals surface area contributed by atoms with Crippen molar-refractivity contribution in [2.75, 3.05) is 38.1 Å². The molecule has 0 unspecified atom stereocenters. The Labute approximate surface area is 94.2 Å². The van der Waals surface area contributed by atoms with Crippen LogP contribution in [0.4, 0.5) is 5.82 Å². The number of nitrogens with one attached hydrogen (secondary N) is 1. The van der Waals surface area contributed by atoms with Gasteiger partial charge in [-0.25, -0.2) is 4.98 Å². The van der Waals surface area contributed by atoms with Crippen LogP contribution in [0, 0.1) is 12.3 Å². The fourth-order valence-electron chi connectivity index (χ4n) is 1.80. The van der Waals surface area contributed by atoms with E-state index in [0.717, 1.165) is 36.7 Å². The summed E-state index contributed by atoms with van der Waals surface area (Å²) in [6.07, 6.45) is 0. The van der Waals surface area contributed by atoms with Crippen molar-refractivity contribution in [1.82, 2.24) is 14.6 Å². The first-order valence-corrected chi connectivity index (χ1v) is 5.36. The Hall–Kier alpha value is -1.56. The molecule has 1 saturated heterocycles. The molecule has 1 aromatic rings. The Bertz CT molecular complexity index is 433. The summed E-state index contributed by atoms with van der Waals surface area (Å²) >= 11 is 0. The second kappa shape index (κ2) is 4.13. The van der Waals surface area contributed by atoms with Gasteiger partial charge in [-0.1, -0.05) is 0 Å². The van der Waals surface area contributed by atoms with Gasteiger partial charge in [0.25, 0.3) is 0 Å². The lowest BCUT2D eigenvalue weighted by molar-refractivity contribution is 0.159. The van der Waals surface area contributed by atoms with E-state index in [-0.39, 0.29) is 5.49 Å². The predicted octanol–water partition coefficient (Wildman–Crippen LogP) is -0.340. The predicted molar refractivity (Wildman–Crippen MR) is 59.7 cm³/mol. The van der Waals surface area contributed by atoms with Gasteiger partial charge in [0.1, 0.15) is 11.6 Å². The number of anilines is 1. The van der Waals surface area contributed by atoms with Crippen LogP contribution in [-0.2, 0) is 0 Å². The molecule has 0 aromatic carbocycles. The van der Waals surface area contributed by atoms with E-state index in [2.05, 4.69) is 21.8 Å². The van der Waals surface area contributed by atoms with E-state index in [1.54, 1.807) is 13.0 Å². The topological polar surface area (TPSA) is 68.4 Å². The van der Waals surface area contributed by atoms with Gasteiger partial charge in [-0.15, -0.1) is 0 Å². The van der Waals surface area contributed by atoms with Gasteiger partial charge in [0.15, 0.2) is 5.49 Å². The summed E-state index contributed by atoms with van der Waals surface area (Å²) in [5.74, 6) is 1.22. The molecule has 0 bridgehead atoms. The summed E-state index contributed by atoms with van der Waals surface area (Å²) < 4.78 is 0.791. The van der Waals surface area contributed by atoms with Gasteiger partial charge < -0.3 is 15.0 Å². The number of rotatable bonds is 1. The van der Waals surface area contributed by atoms with Gasteiger partial charge >= 0.3 is 0 Å². The fourth-order valence-corrected chi connectivity index (χ4v) is 1.80. The average molecular weight is 223 g/mol. The average Bonchev–Trinajstić information content (AvgIpc) is 2.26. The van der Waals surface area contributed by atoms with Gasteiger partial charge in [-0.05, 0) is 14.0 Å².